The van der Waals surface area contributed by atoms with E-state index in [4.69, 9.17) is 5.73 Å². The van der Waals surface area contributed by atoms with Gasteiger partial charge in [-0.25, -0.2) is 4.98 Å². The Morgan fingerprint density at radius 1 is 1.15 bits per heavy atom. The minimum atomic E-state index is -0.0753. The average Bonchev–Trinajstić information content (AvgIpc) is 2.39. The molecule has 2 aromatic rings. The predicted molar refractivity (Wildman–Crippen MR) is 81.6 cm³/mol. The van der Waals surface area contributed by atoms with Crippen LogP contribution in [0, 0.1) is 20.8 Å². The van der Waals surface area contributed by atoms with E-state index in [9.17, 15) is 4.79 Å². The summed E-state index contributed by atoms with van der Waals surface area (Å²) in [7, 11) is 0. The summed E-state index contributed by atoms with van der Waals surface area (Å²) in [6.45, 7) is 6.15. The average molecular weight is 269 g/mol. The first kappa shape index (κ1) is 14.1. The van der Waals surface area contributed by atoms with Gasteiger partial charge in [0, 0.05) is 0 Å². The fourth-order valence-corrected chi connectivity index (χ4v) is 2.05. The molecule has 0 spiro atoms. The van der Waals surface area contributed by atoms with Gasteiger partial charge in [-0.3, -0.25) is 4.79 Å². The summed E-state index contributed by atoms with van der Waals surface area (Å²) in [5.41, 5.74) is 10.7. The molecule has 0 fully saturated rings. The molecule has 0 atom stereocenters. The van der Waals surface area contributed by atoms with Crippen molar-refractivity contribution in [2.45, 2.75) is 27.2 Å². The van der Waals surface area contributed by atoms with Crippen molar-refractivity contribution < 1.29 is 4.79 Å². The van der Waals surface area contributed by atoms with Crippen LogP contribution in [0.25, 0.3) is 0 Å². The topological polar surface area (TPSA) is 68.0 Å². The van der Waals surface area contributed by atoms with E-state index in [0.717, 1.165) is 11.1 Å². The van der Waals surface area contributed by atoms with Crippen LogP contribution in [0.3, 0.4) is 0 Å². The molecule has 0 aliphatic rings. The smallest absolute Gasteiger partial charge is 0.229 e. The van der Waals surface area contributed by atoms with Crippen molar-refractivity contribution in [1.82, 2.24) is 4.98 Å². The first-order valence-corrected chi connectivity index (χ1v) is 6.54. The Hall–Kier alpha value is -2.36. The minimum Gasteiger partial charge on any atom is -0.397 e. The number of amides is 1. The van der Waals surface area contributed by atoms with Gasteiger partial charge >= 0.3 is 0 Å². The molecular weight excluding hydrogens is 250 g/mol. The SMILES string of the molecule is Cc1cc(C)c(CC(=O)Nc2ccc(N)cn2)cc1C. The molecule has 0 bridgehead atoms. The molecule has 0 saturated heterocycles. The van der Waals surface area contributed by atoms with Crippen LogP contribution >= 0.6 is 0 Å². The third kappa shape index (κ3) is 3.35. The van der Waals surface area contributed by atoms with Gasteiger partial charge in [-0.2, -0.15) is 0 Å². The largest absolute Gasteiger partial charge is 0.397 e. The number of hydrogen-bond acceptors (Lipinski definition) is 3. The highest BCUT2D eigenvalue weighted by atomic mass is 16.1. The highest BCUT2D eigenvalue weighted by Crippen LogP contribution is 2.16. The van der Waals surface area contributed by atoms with Crippen LogP contribution in [0.15, 0.2) is 30.5 Å². The second kappa shape index (κ2) is 5.74. The second-order valence-electron chi connectivity index (χ2n) is 5.06. The number of carbonyl (C=O) groups is 1. The third-order valence-electron chi connectivity index (χ3n) is 3.36. The molecule has 104 valence electrons. The quantitative estimate of drug-likeness (QED) is 0.900. The maximum atomic E-state index is 12.0. The molecule has 1 heterocycles. The lowest BCUT2D eigenvalue weighted by atomic mass is 9.98. The number of nitrogen functional groups attached to an aromatic ring is 1. The number of nitrogens with zero attached hydrogens (tertiary/aromatic N) is 1. The van der Waals surface area contributed by atoms with E-state index >= 15 is 0 Å². The Labute approximate surface area is 119 Å². The molecule has 0 aliphatic carbocycles. The van der Waals surface area contributed by atoms with Gasteiger partial charge in [-0.1, -0.05) is 12.1 Å². The fraction of sp³-hybridized carbons (Fsp3) is 0.250. The number of benzene rings is 1. The number of carbonyl (C=O) groups excluding carboxylic acids is 1. The van der Waals surface area contributed by atoms with E-state index in [1.165, 1.54) is 17.3 Å². The first-order chi connectivity index (χ1) is 9.45. The minimum absolute atomic E-state index is 0.0753. The van der Waals surface area contributed by atoms with E-state index < -0.39 is 0 Å². The van der Waals surface area contributed by atoms with Crippen molar-refractivity contribution in [3.05, 3.63) is 52.7 Å². The van der Waals surface area contributed by atoms with Crippen LogP contribution < -0.4 is 11.1 Å². The molecule has 1 aromatic carbocycles. The number of aryl methyl sites for hydroxylation is 3. The summed E-state index contributed by atoms with van der Waals surface area (Å²) < 4.78 is 0. The summed E-state index contributed by atoms with van der Waals surface area (Å²) in [4.78, 5) is 16.1. The molecular formula is C16H19N3O. The molecule has 4 nitrogen and oxygen atoms in total. The molecule has 0 saturated carbocycles. The molecule has 3 N–H and O–H groups in total. The van der Waals surface area contributed by atoms with E-state index in [0.29, 0.717) is 17.9 Å². The monoisotopic (exact) mass is 269 g/mol. The molecule has 1 amide bonds. The highest BCUT2D eigenvalue weighted by Gasteiger charge is 2.08. The normalized spacial score (nSPS) is 10.3. The van der Waals surface area contributed by atoms with Crippen LogP contribution in [0.1, 0.15) is 22.3 Å². The Morgan fingerprint density at radius 3 is 2.50 bits per heavy atom. The lowest BCUT2D eigenvalue weighted by Gasteiger charge is -2.10. The van der Waals surface area contributed by atoms with E-state index in [1.807, 2.05) is 6.92 Å². The number of rotatable bonds is 3. The zero-order valence-corrected chi connectivity index (χ0v) is 12.0. The zero-order chi connectivity index (χ0) is 14.7. The fourth-order valence-electron chi connectivity index (χ4n) is 2.05. The Morgan fingerprint density at radius 2 is 1.85 bits per heavy atom. The molecule has 0 radical (unpaired) electrons. The van der Waals surface area contributed by atoms with E-state index in [2.05, 4.69) is 36.3 Å². The number of anilines is 2. The Kier molecular flexibility index (Phi) is 4.03. The van der Waals surface area contributed by atoms with Crippen molar-refractivity contribution >= 4 is 17.4 Å². The molecule has 0 unspecified atom stereocenters. The van der Waals surface area contributed by atoms with E-state index in [1.54, 1.807) is 12.1 Å². The summed E-state index contributed by atoms with van der Waals surface area (Å²) in [6.07, 6.45) is 1.87. The zero-order valence-electron chi connectivity index (χ0n) is 12.0. The van der Waals surface area contributed by atoms with Gasteiger partial charge in [0.1, 0.15) is 5.82 Å². The first-order valence-electron chi connectivity index (χ1n) is 6.54. The van der Waals surface area contributed by atoms with Gasteiger partial charge in [0.2, 0.25) is 5.91 Å². The van der Waals surface area contributed by atoms with Crippen LogP contribution in [-0.4, -0.2) is 10.9 Å². The lowest BCUT2D eigenvalue weighted by Crippen LogP contribution is -2.16. The number of nitrogens with one attached hydrogen (secondary N) is 1. The maximum absolute atomic E-state index is 12.0. The molecule has 4 heteroatoms. The molecule has 20 heavy (non-hydrogen) atoms. The molecule has 0 aliphatic heterocycles. The summed E-state index contributed by atoms with van der Waals surface area (Å²) >= 11 is 0. The Balaban J connectivity index is 2.08. The van der Waals surface area contributed by atoms with Crippen LogP contribution in [0.2, 0.25) is 0 Å². The highest BCUT2D eigenvalue weighted by molar-refractivity contribution is 5.91. The van der Waals surface area contributed by atoms with Gasteiger partial charge in [-0.15, -0.1) is 0 Å². The maximum Gasteiger partial charge on any atom is 0.229 e. The number of nitrogens with two attached hydrogens (primary N) is 1. The van der Waals surface area contributed by atoms with Gasteiger partial charge in [-0.05, 0) is 55.2 Å². The number of pyridine rings is 1. The predicted octanol–water partition coefficient (Wildman–Crippen LogP) is 2.77. The van der Waals surface area contributed by atoms with Crippen molar-refractivity contribution in [2.75, 3.05) is 11.1 Å². The number of aromatic nitrogens is 1. The lowest BCUT2D eigenvalue weighted by molar-refractivity contribution is -0.115. The number of hydrogen-bond donors (Lipinski definition) is 2. The van der Waals surface area contributed by atoms with Crippen molar-refractivity contribution in [2.24, 2.45) is 0 Å². The van der Waals surface area contributed by atoms with Gasteiger partial charge < -0.3 is 11.1 Å². The summed E-state index contributed by atoms with van der Waals surface area (Å²) in [5, 5.41) is 2.77. The summed E-state index contributed by atoms with van der Waals surface area (Å²) in [6, 6.07) is 7.59. The van der Waals surface area contributed by atoms with Crippen molar-refractivity contribution in [3.8, 4) is 0 Å². The van der Waals surface area contributed by atoms with Crippen molar-refractivity contribution in [1.29, 1.82) is 0 Å². The Bertz CT molecular complexity index is 633. The van der Waals surface area contributed by atoms with Crippen molar-refractivity contribution in [3.63, 3.8) is 0 Å². The second-order valence-corrected chi connectivity index (χ2v) is 5.06. The van der Waals surface area contributed by atoms with Gasteiger partial charge in [0.25, 0.3) is 0 Å². The molecule has 2 rings (SSSR count). The molecule has 1 aromatic heterocycles. The van der Waals surface area contributed by atoms with Gasteiger partial charge in [0.05, 0.1) is 18.3 Å². The third-order valence-corrected chi connectivity index (χ3v) is 3.36. The van der Waals surface area contributed by atoms with Crippen LogP contribution in [-0.2, 0) is 11.2 Å². The van der Waals surface area contributed by atoms with Crippen LogP contribution in [0.5, 0.6) is 0 Å². The van der Waals surface area contributed by atoms with Crippen LogP contribution in [0.4, 0.5) is 11.5 Å². The summed E-state index contributed by atoms with van der Waals surface area (Å²) in [5.74, 6) is 0.444. The van der Waals surface area contributed by atoms with E-state index in [-0.39, 0.29) is 5.91 Å². The standard InChI is InChI=1S/C16H19N3O/c1-10-6-12(3)13(7-11(10)2)8-16(20)19-15-5-4-14(17)9-18-15/h4-7,9H,8,17H2,1-3H3,(H,18,19,20). The van der Waals surface area contributed by atoms with Gasteiger partial charge in [0.15, 0.2) is 0 Å².